The number of hydrogen-bond donors (Lipinski definition) is 3. The molecule has 2 heterocycles. The number of fused-ring (bicyclic) bond motifs is 1. The number of anilines is 1. The largest absolute Gasteiger partial charge is 0.497 e. The number of carbonyl (C=O) groups excluding carboxylic acids is 3. The molecule has 1 saturated heterocycles. The normalized spacial score (nSPS) is 14.7. The molecular formula is C14H14N4O4S. The maximum absolute atomic E-state index is 11.9. The number of rotatable bonds is 5. The van der Waals surface area contributed by atoms with E-state index in [1.54, 1.807) is 13.2 Å². The van der Waals surface area contributed by atoms with E-state index in [-0.39, 0.29) is 18.7 Å². The van der Waals surface area contributed by atoms with Gasteiger partial charge in [0.15, 0.2) is 5.13 Å². The molecule has 3 N–H and O–H groups in total. The van der Waals surface area contributed by atoms with E-state index in [0.29, 0.717) is 5.13 Å². The second kappa shape index (κ2) is 6.21. The van der Waals surface area contributed by atoms with Gasteiger partial charge in [-0.15, -0.1) is 0 Å². The molecule has 0 saturated carbocycles. The minimum Gasteiger partial charge on any atom is -0.497 e. The van der Waals surface area contributed by atoms with Gasteiger partial charge in [0.25, 0.3) is 11.8 Å². The molecular weight excluding hydrogens is 320 g/mol. The topological polar surface area (TPSA) is 109 Å². The number of aromatic nitrogens is 1. The first kappa shape index (κ1) is 15.2. The number of amides is 3. The molecule has 120 valence electrons. The highest BCUT2D eigenvalue weighted by Gasteiger charge is 2.32. The molecule has 0 atom stereocenters. The molecule has 0 unspecified atom stereocenters. The molecule has 1 aliphatic heterocycles. The number of nitrogens with zero attached hydrogens (tertiary/aromatic N) is 1. The Hall–Kier alpha value is -2.68. The van der Waals surface area contributed by atoms with Crippen LogP contribution in [0.25, 0.3) is 10.2 Å². The van der Waals surface area contributed by atoms with Gasteiger partial charge in [0.1, 0.15) is 11.7 Å². The van der Waals surface area contributed by atoms with E-state index >= 15 is 0 Å². The zero-order valence-corrected chi connectivity index (χ0v) is 13.0. The van der Waals surface area contributed by atoms with Gasteiger partial charge in [0, 0.05) is 6.42 Å². The third kappa shape index (κ3) is 3.24. The fraction of sp³-hybridized carbons (Fsp3) is 0.286. The Kier molecular flexibility index (Phi) is 4.11. The summed E-state index contributed by atoms with van der Waals surface area (Å²) < 4.78 is 6.04. The van der Waals surface area contributed by atoms with Crippen LogP contribution in [0.2, 0.25) is 0 Å². The van der Waals surface area contributed by atoms with E-state index in [1.807, 2.05) is 12.1 Å². The van der Waals surface area contributed by atoms with Crippen molar-refractivity contribution in [1.82, 2.24) is 15.8 Å². The van der Waals surface area contributed by atoms with Crippen molar-refractivity contribution in [3.8, 4) is 5.75 Å². The second-order valence-electron chi connectivity index (χ2n) is 4.97. The Morgan fingerprint density at radius 1 is 1.35 bits per heavy atom. The minimum atomic E-state index is -0.819. The number of carbonyl (C=O) groups is 3. The molecule has 23 heavy (non-hydrogen) atoms. The van der Waals surface area contributed by atoms with Gasteiger partial charge in [-0.2, -0.15) is 0 Å². The molecule has 3 amide bonds. The highest BCUT2D eigenvalue weighted by atomic mass is 32.1. The van der Waals surface area contributed by atoms with Gasteiger partial charge in [0.2, 0.25) is 5.91 Å². The lowest BCUT2D eigenvalue weighted by Crippen LogP contribution is -2.28. The quantitative estimate of drug-likeness (QED) is 0.701. The summed E-state index contributed by atoms with van der Waals surface area (Å²) in [6, 6.07) is 5.45. The summed E-state index contributed by atoms with van der Waals surface area (Å²) in [6.07, 6.45) is 0.215. The van der Waals surface area contributed by atoms with Crippen LogP contribution in [0.5, 0.6) is 5.75 Å². The van der Waals surface area contributed by atoms with Crippen molar-refractivity contribution in [2.24, 2.45) is 5.92 Å². The first-order valence-electron chi connectivity index (χ1n) is 6.91. The molecule has 3 rings (SSSR count). The number of benzene rings is 1. The van der Waals surface area contributed by atoms with Crippen molar-refractivity contribution >= 4 is 44.4 Å². The van der Waals surface area contributed by atoms with Crippen LogP contribution in [0.3, 0.4) is 0 Å². The van der Waals surface area contributed by atoms with Crippen LogP contribution in [0.15, 0.2) is 18.2 Å². The van der Waals surface area contributed by atoms with Gasteiger partial charge in [-0.3, -0.25) is 25.2 Å². The molecule has 1 aromatic heterocycles. The number of nitrogens with one attached hydrogen (secondary N) is 3. The van der Waals surface area contributed by atoms with Crippen molar-refractivity contribution in [1.29, 1.82) is 0 Å². The number of hydrazine groups is 1. The predicted molar refractivity (Wildman–Crippen MR) is 83.8 cm³/mol. The molecule has 0 radical (unpaired) electrons. The molecule has 0 bridgehead atoms. The molecule has 9 heteroatoms. The maximum Gasteiger partial charge on any atom is 0.251 e. The lowest BCUT2D eigenvalue weighted by atomic mass is 10.0. The Bertz CT molecular complexity index is 772. The number of ether oxygens (including phenoxy) is 1. The van der Waals surface area contributed by atoms with E-state index < -0.39 is 17.7 Å². The SMILES string of the molecule is COc1ccc2nc(NC(=O)CCC3C(=O)NNC3=O)sc2c1. The van der Waals surface area contributed by atoms with Crippen molar-refractivity contribution in [2.75, 3.05) is 12.4 Å². The van der Waals surface area contributed by atoms with Gasteiger partial charge in [-0.1, -0.05) is 11.3 Å². The molecule has 1 aromatic carbocycles. The fourth-order valence-corrected chi connectivity index (χ4v) is 3.13. The smallest absolute Gasteiger partial charge is 0.251 e. The van der Waals surface area contributed by atoms with Crippen LogP contribution in [0.1, 0.15) is 12.8 Å². The molecule has 0 spiro atoms. The summed E-state index contributed by atoms with van der Waals surface area (Å²) in [6.45, 7) is 0. The molecule has 1 fully saturated rings. The summed E-state index contributed by atoms with van der Waals surface area (Å²) in [5, 5.41) is 3.16. The molecule has 1 aliphatic rings. The lowest BCUT2D eigenvalue weighted by molar-refractivity contribution is -0.128. The molecule has 2 aromatic rings. The van der Waals surface area contributed by atoms with E-state index in [1.165, 1.54) is 11.3 Å². The Labute approximate surface area is 135 Å². The summed E-state index contributed by atoms with van der Waals surface area (Å²) >= 11 is 1.33. The number of hydrogen-bond acceptors (Lipinski definition) is 6. The van der Waals surface area contributed by atoms with Gasteiger partial charge in [-0.05, 0) is 24.6 Å². The maximum atomic E-state index is 11.9. The summed E-state index contributed by atoms with van der Waals surface area (Å²) in [4.78, 5) is 39.0. The van der Waals surface area contributed by atoms with E-state index in [2.05, 4.69) is 21.2 Å². The van der Waals surface area contributed by atoms with E-state index in [9.17, 15) is 14.4 Å². The standard InChI is InChI=1S/C14H14N4O4S/c1-22-7-2-4-9-10(6-7)23-14(15-9)16-11(19)5-3-8-12(20)17-18-13(8)21/h2,4,6,8H,3,5H2,1H3,(H,17,20)(H,18,21)(H,15,16,19). The summed E-state index contributed by atoms with van der Waals surface area (Å²) in [5.41, 5.74) is 5.22. The van der Waals surface area contributed by atoms with E-state index in [4.69, 9.17) is 4.74 Å². The average Bonchev–Trinajstić information content (AvgIpc) is 3.07. The van der Waals surface area contributed by atoms with Gasteiger partial charge in [0.05, 0.1) is 17.3 Å². The minimum absolute atomic E-state index is 0.0603. The average molecular weight is 334 g/mol. The van der Waals surface area contributed by atoms with Crippen LogP contribution in [-0.4, -0.2) is 29.8 Å². The van der Waals surface area contributed by atoms with Crippen molar-refractivity contribution in [3.63, 3.8) is 0 Å². The number of thiazole rings is 1. The molecule has 8 nitrogen and oxygen atoms in total. The van der Waals surface area contributed by atoms with Crippen LogP contribution in [-0.2, 0) is 14.4 Å². The Morgan fingerprint density at radius 3 is 2.78 bits per heavy atom. The highest BCUT2D eigenvalue weighted by Crippen LogP contribution is 2.29. The monoisotopic (exact) mass is 334 g/mol. The fourth-order valence-electron chi connectivity index (χ4n) is 2.22. The van der Waals surface area contributed by atoms with Gasteiger partial charge < -0.3 is 10.1 Å². The van der Waals surface area contributed by atoms with Gasteiger partial charge >= 0.3 is 0 Å². The van der Waals surface area contributed by atoms with Crippen LogP contribution in [0, 0.1) is 5.92 Å². The summed E-state index contributed by atoms with van der Waals surface area (Å²) in [7, 11) is 1.58. The number of methoxy groups -OCH3 is 1. The molecule has 0 aliphatic carbocycles. The van der Waals surface area contributed by atoms with E-state index in [0.717, 1.165) is 16.0 Å². The van der Waals surface area contributed by atoms with Crippen molar-refractivity contribution in [2.45, 2.75) is 12.8 Å². The lowest BCUT2D eigenvalue weighted by Gasteiger charge is -2.03. The third-order valence-electron chi connectivity index (χ3n) is 3.44. The Morgan fingerprint density at radius 2 is 2.09 bits per heavy atom. The van der Waals surface area contributed by atoms with Crippen molar-refractivity contribution < 1.29 is 19.1 Å². The summed E-state index contributed by atoms with van der Waals surface area (Å²) in [5.74, 6) is -1.20. The van der Waals surface area contributed by atoms with Crippen LogP contribution in [0.4, 0.5) is 5.13 Å². The zero-order chi connectivity index (χ0) is 16.4. The van der Waals surface area contributed by atoms with Crippen LogP contribution >= 0.6 is 11.3 Å². The van der Waals surface area contributed by atoms with Crippen LogP contribution < -0.4 is 20.9 Å². The third-order valence-corrected chi connectivity index (χ3v) is 4.38. The first-order valence-corrected chi connectivity index (χ1v) is 7.72. The van der Waals surface area contributed by atoms with Crippen molar-refractivity contribution in [3.05, 3.63) is 18.2 Å². The predicted octanol–water partition coefficient (Wildman–Crippen LogP) is 0.801. The highest BCUT2D eigenvalue weighted by molar-refractivity contribution is 7.22. The Balaban J connectivity index is 1.61. The van der Waals surface area contributed by atoms with Gasteiger partial charge in [-0.25, -0.2) is 4.98 Å². The zero-order valence-electron chi connectivity index (χ0n) is 12.2. The second-order valence-corrected chi connectivity index (χ2v) is 6.00. The first-order chi connectivity index (χ1) is 11.1.